The van der Waals surface area contributed by atoms with Crippen molar-refractivity contribution in [2.24, 2.45) is 7.05 Å². The SMILES string of the molecule is C=C(CCC(=C)c1cc2ccccc2n1C)c1ccccc1.CC. The van der Waals surface area contributed by atoms with Crippen LogP contribution >= 0.6 is 0 Å². The first-order chi connectivity index (χ1) is 11.7. The van der Waals surface area contributed by atoms with Gasteiger partial charge in [-0.05, 0) is 41.7 Å². The molecular formula is C23H27N. The van der Waals surface area contributed by atoms with Gasteiger partial charge in [0.15, 0.2) is 0 Å². The maximum atomic E-state index is 4.28. The van der Waals surface area contributed by atoms with Crippen LogP contribution in [0.15, 0.2) is 73.8 Å². The van der Waals surface area contributed by atoms with E-state index in [4.69, 9.17) is 0 Å². The second-order valence-electron chi connectivity index (χ2n) is 5.72. The molecule has 0 amide bonds. The fourth-order valence-electron chi connectivity index (χ4n) is 2.88. The summed E-state index contributed by atoms with van der Waals surface area (Å²) in [5, 5.41) is 1.27. The number of aryl methyl sites for hydroxylation is 1. The Labute approximate surface area is 146 Å². The standard InChI is InChI=1S/C21H21N.C2H6/c1-16(18-9-5-4-6-10-18)13-14-17(2)21-15-19-11-7-8-12-20(19)22(21)3;1-2/h4-12,15H,1-2,13-14H2,3H3;1-2H3. The molecule has 0 saturated carbocycles. The van der Waals surface area contributed by atoms with Crippen LogP contribution in [-0.4, -0.2) is 4.57 Å². The van der Waals surface area contributed by atoms with Crippen molar-refractivity contribution in [3.8, 4) is 0 Å². The number of hydrogen-bond acceptors (Lipinski definition) is 0. The number of aromatic nitrogens is 1. The molecule has 124 valence electrons. The van der Waals surface area contributed by atoms with E-state index < -0.39 is 0 Å². The first-order valence-electron chi connectivity index (χ1n) is 8.62. The minimum atomic E-state index is 0.928. The van der Waals surface area contributed by atoms with Gasteiger partial charge in [-0.15, -0.1) is 0 Å². The first-order valence-corrected chi connectivity index (χ1v) is 8.62. The minimum absolute atomic E-state index is 0.928. The van der Waals surface area contributed by atoms with E-state index >= 15 is 0 Å². The predicted molar refractivity (Wildman–Crippen MR) is 108 cm³/mol. The number of hydrogen-bond donors (Lipinski definition) is 0. The fourth-order valence-corrected chi connectivity index (χ4v) is 2.88. The van der Waals surface area contributed by atoms with Crippen molar-refractivity contribution in [1.29, 1.82) is 0 Å². The highest BCUT2D eigenvalue weighted by Crippen LogP contribution is 2.28. The lowest BCUT2D eigenvalue weighted by Crippen LogP contribution is -1.95. The summed E-state index contributed by atoms with van der Waals surface area (Å²) < 4.78 is 2.23. The maximum absolute atomic E-state index is 4.28. The normalized spacial score (nSPS) is 10.1. The third-order valence-electron chi connectivity index (χ3n) is 4.22. The molecule has 0 fully saturated rings. The Kier molecular flexibility index (Phi) is 6.20. The van der Waals surface area contributed by atoms with Crippen molar-refractivity contribution in [3.05, 3.63) is 85.1 Å². The fraction of sp³-hybridized carbons (Fsp3) is 0.217. The minimum Gasteiger partial charge on any atom is -0.344 e. The molecule has 0 bridgehead atoms. The third kappa shape index (κ3) is 3.86. The van der Waals surface area contributed by atoms with Gasteiger partial charge in [0.05, 0.1) is 0 Å². The Morgan fingerprint density at radius 2 is 1.42 bits per heavy atom. The molecule has 0 saturated heterocycles. The van der Waals surface area contributed by atoms with Gasteiger partial charge in [0.2, 0.25) is 0 Å². The van der Waals surface area contributed by atoms with Crippen molar-refractivity contribution >= 4 is 22.0 Å². The number of fused-ring (bicyclic) bond motifs is 1. The van der Waals surface area contributed by atoms with Crippen LogP contribution in [0.4, 0.5) is 0 Å². The van der Waals surface area contributed by atoms with Gasteiger partial charge >= 0.3 is 0 Å². The summed E-state index contributed by atoms with van der Waals surface area (Å²) in [6.07, 6.45) is 1.86. The van der Waals surface area contributed by atoms with E-state index in [0.29, 0.717) is 0 Å². The highest BCUT2D eigenvalue weighted by Gasteiger charge is 2.09. The van der Waals surface area contributed by atoms with Crippen molar-refractivity contribution in [2.75, 3.05) is 0 Å². The molecule has 1 nitrogen and oxygen atoms in total. The summed E-state index contributed by atoms with van der Waals surface area (Å²) >= 11 is 0. The van der Waals surface area contributed by atoms with E-state index in [1.165, 1.54) is 27.7 Å². The second-order valence-corrected chi connectivity index (χ2v) is 5.72. The van der Waals surface area contributed by atoms with Crippen molar-refractivity contribution in [1.82, 2.24) is 4.57 Å². The van der Waals surface area contributed by atoms with Crippen molar-refractivity contribution in [3.63, 3.8) is 0 Å². The van der Waals surface area contributed by atoms with E-state index in [1.54, 1.807) is 0 Å². The Balaban J connectivity index is 0.00000100. The van der Waals surface area contributed by atoms with Crippen LogP contribution in [0.2, 0.25) is 0 Å². The van der Waals surface area contributed by atoms with Gasteiger partial charge in [-0.25, -0.2) is 0 Å². The topological polar surface area (TPSA) is 4.93 Å². The van der Waals surface area contributed by atoms with Gasteiger partial charge in [0.1, 0.15) is 0 Å². The molecule has 1 heterocycles. The molecule has 0 aliphatic carbocycles. The summed E-state index contributed by atoms with van der Waals surface area (Å²) in [5.41, 5.74) is 6.01. The molecule has 3 rings (SSSR count). The molecule has 0 aliphatic heterocycles. The van der Waals surface area contributed by atoms with Crippen LogP contribution in [0, 0.1) is 0 Å². The lowest BCUT2D eigenvalue weighted by atomic mass is 9.99. The number of nitrogens with zero attached hydrogens (tertiary/aromatic N) is 1. The first kappa shape index (κ1) is 17.8. The largest absolute Gasteiger partial charge is 0.344 e. The zero-order chi connectivity index (χ0) is 17.5. The van der Waals surface area contributed by atoms with Crippen LogP contribution in [-0.2, 0) is 7.05 Å². The van der Waals surface area contributed by atoms with Crippen LogP contribution in [0.25, 0.3) is 22.0 Å². The predicted octanol–water partition coefficient (Wildman–Crippen LogP) is 6.71. The summed E-state index contributed by atoms with van der Waals surface area (Å²) in [7, 11) is 2.11. The average molecular weight is 317 g/mol. The Hall–Kier alpha value is -2.54. The lowest BCUT2D eigenvalue weighted by molar-refractivity contribution is 0.930. The number of para-hydroxylation sites is 1. The molecule has 0 atom stereocenters. The van der Waals surface area contributed by atoms with Gasteiger partial charge in [-0.1, -0.05) is 75.5 Å². The third-order valence-corrected chi connectivity index (χ3v) is 4.22. The summed E-state index contributed by atoms with van der Waals surface area (Å²) in [5.74, 6) is 0. The van der Waals surface area contributed by atoms with Gasteiger partial charge in [-0.2, -0.15) is 0 Å². The van der Waals surface area contributed by atoms with Crippen LogP contribution in [0.3, 0.4) is 0 Å². The molecule has 3 aromatic rings. The average Bonchev–Trinajstić information content (AvgIpc) is 2.99. The van der Waals surface area contributed by atoms with Crippen LogP contribution in [0.1, 0.15) is 37.9 Å². The highest BCUT2D eigenvalue weighted by atomic mass is 14.9. The second kappa shape index (κ2) is 8.35. The number of rotatable bonds is 5. The Morgan fingerprint density at radius 3 is 2.08 bits per heavy atom. The molecular weight excluding hydrogens is 290 g/mol. The number of allylic oxidation sites excluding steroid dienone is 2. The van der Waals surface area contributed by atoms with E-state index in [2.05, 4.69) is 79.4 Å². The molecule has 0 spiro atoms. The molecule has 2 aromatic carbocycles. The molecule has 1 aromatic heterocycles. The Bertz CT molecular complexity index is 822. The van der Waals surface area contributed by atoms with Crippen molar-refractivity contribution < 1.29 is 0 Å². The van der Waals surface area contributed by atoms with E-state index in [0.717, 1.165) is 18.4 Å². The van der Waals surface area contributed by atoms with Crippen molar-refractivity contribution in [2.45, 2.75) is 26.7 Å². The molecule has 24 heavy (non-hydrogen) atoms. The van der Waals surface area contributed by atoms with E-state index in [9.17, 15) is 0 Å². The molecule has 0 aliphatic rings. The van der Waals surface area contributed by atoms with Crippen LogP contribution < -0.4 is 0 Å². The van der Waals surface area contributed by atoms with E-state index in [1.807, 2.05) is 19.9 Å². The summed E-state index contributed by atoms with van der Waals surface area (Å²) in [4.78, 5) is 0. The molecule has 0 unspecified atom stereocenters. The highest BCUT2D eigenvalue weighted by molar-refractivity contribution is 5.85. The van der Waals surface area contributed by atoms with E-state index in [-0.39, 0.29) is 0 Å². The molecule has 0 radical (unpaired) electrons. The quantitative estimate of drug-likeness (QED) is 0.492. The van der Waals surface area contributed by atoms with Crippen LogP contribution in [0.5, 0.6) is 0 Å². The maximum Gasteiger partial charge on any atom is 0.0482 e. The van der Waals surface area contributed by atoms with Gasteiger partial charge in [0.25, 0.3) is 0 Å². The summed E-state index contributed by atoms with van der Waals surface area (Å²) in [6.45, 7) is 12.5. The van der Waals surface area contributed by atoms with Gasteiger partial charge < -0.3 is 4.57 Å². The Morgan fingerprint density at radius 1 is 0.833 bits per heavy atom. The zero-order valence-corrected chi connectivity index (χ0v) is 15.0. The number of benzene rings is 2. The molecule has 0 N–H and O–H groups in total. The van der Waals surface area contributed by atoms with Gasteiger partial charge in [-0.3, -0.25) is 0 Å². The molecule has 1 heteroatoms. The van der Waals surface area contributed by atoms with Gasteiger partial charge in [0, 0.05) is 23.6 Å². The lowest BCUT2D eigenvalue weighted by Gasteiger charge is -2.10. The summed E-state index contributed by atoms with van der Waals surface area (Å²) in [6, 6.07) is 21.0. The monoisotopic (exact) mass is 317 g/mol. The zero-order valence-electron chi connectivity index (χ0n) is 15.0. The smallest absolute Gasteiger partial charge is 0.0482 e.